The van der Waals surface area contributed by atoms with E-state index in [2.05, 4.69) is 5.32 Å². The van der Waals surface area contributed by atoms with Gasteiger partial charge in [0.05, 0.1) is 6.10 Å². The van der Waals surface area contributed by atoms with E-state index in [4.69, 9.17) is 9.47 Å². The van der Waals surface area contributed by atoms with Crippen LogP contribution < -0.4 is 10.1 Å². The van der Waals surface area contributed by atoms with Gasteiger partial charge < -0.3 is 19.9 Å². The zero-order valence-corrected chi connectivity index (χ0v) is 16.0. The zero-order chi connectivity index (χ0) is 19.3. The van der Waals surface area contributed by atoms with E-state index in [9.17, 15) is 14.7 Å². The molecule has 1 aliphatic heterocycles. The number of hydrogen-bond acceptors (Lipinski definition) is 4. The second kappa shape index (κ2) is 6.27. The minimum Gasteiger partial charge on any atom is -0.480 e. The molecule has 2 N–H and O–H groups in total. The predicted molar refractivity (Wildman–Crippen MR) is 96.4 cm³/mol. The maximum absolute atomic E-state index is 12.8. The standard InChI is InChI=1S/C20H27NO5/c1-6-25-16-10-20(18(23)24,19(16,4)5)21-17(22)15-9-13-7-11(2)12(3)8-14(13)26-15/h7-8,15-16H,6,9-10H2,1-5H3,(H,21,22)(H,23,24). The molecule has 0 aromatic heterocycles. The third kappa shape index (κ3) is 2.67. The molecular formula is C20H27NO5. The molecule has 1 saturated carbocycles. The molecule has 142 valence electrons. The number of rotatable bonds is 5. The van der Waals surface area contributed by atoms with Crippen LogP contribution in [0.1, 0.15) is 43.9 Å². The molecule has 0 saturated heterocycles. The minimum atomic E-state index is -1.34. The summed E-state index contributed by atoms with van der Waals surface area (Å²) in [4.78, 5) is 24.8. The van der Waals surface area contributed by atoms with Crippen LogP contribution in [-0.4, -0.2) is 41.3 Å². The maximum Gasteiger partial charge on any atom is 0.330 e. The Morgan fingerprint density at radius 1 is 1.31 bits per heavy atom. The Kier molecular flexibility index (Phi) is 4.51. The van der Waals surface area contributed by atoms with Crippen molar-refractivity contribution in [2.45, 2.75) is 65.2 Å². The average Bonchev–Trinajstić information content (AvgIpc) is 2.96. The molecule has 1 aromatic carbocycles. The molecule has 0 radical (unpaired) electrons. The van der Waals surface area contributed by atoms with E-state index in [0.29, 0.717) is 18.8 Å². The summed E-state index contributed by atoms with van der Waals surface area (Å²) >= 11 is 0. The number of carbonyl (C=O) groups excluding carboxylic acids is 1. The van der Waals surface area contributed by atoms with Crippen LogP contribution in [0.25, 0.3) is 0 Å². The van der Waals surface area contributed by atoms with Gasteiger partial charge in [0, 0.05) is 24.9 Å². The van der Waals surface area contributed by atoms with Gasteiger partial charge in [0.25, 0.3) is 5.91 Å². The number of aliphatic carboxylic acids is 1. The van der Waals surface area contributed by atoms with Crippen LogP contribution >= 0.6 is 0 Å². The van der Waals surface area contributed by atoms with Gasteiger partial charge in [0.15, 0.2) is 6.10 Å². The van der Waals surface area contributed by atoms with Gasteiger partial charge in [-0.25, -0.2) is 4.79 Å². The van der Waals surface area contributed by atoms with Crippen LogP contribution in [0.4, 0.5) is 0 Å². The molecule has 1 amide bonds. The highest BCUT2D eigenvalue weighted by Crippen LogP contribution is 2.51. The van der Waals surface area contributed by atoms with Crippen molar-refractivity contribution in [3.05, 3.63) is 28.8 Å². The van der Waals surface area contributed by atoms with Crippen molar-refractivity contribution in [2.24, 2.45) is 5.41 Å². The van der Waals surface area contributed by atoms with Crippen LogP contribution in [0.15, 0.2) is 12.1 Å². The van der Waals surface area contributed by atoms with E-state index in [-0.39, 0.29) is 18.4 Å². The second-order valence-corrected chi connectivity index (χ2v) is 7.92. The summed E-state index contributed by atoms with van der Waals surface area (Å²) < 4.78 is 11.4. The van der Waals surface area contributed by atoms with Crippen molar-refractivity contribution in [3.63, 3.8) is 0 Å². The molecule has 1 aliphatic carbocycles. The summed E-state index contributed by atoms with van der Waals surface area (Å²) in [6.45, 7) is 10.1. The minimum absolute atomic E-state index is 0.198. The fraction of sp³-hybridized carbons (Fsp3) is 0.600. The van der Waals surface area contributed by atoms with Gasteiger partial charge in [-0.05, 0) is 43.5 Å². The van der Waals surface area contributed by atoms with E-state index in [1.165, 1.54) is 0 Å². The molecule has 2 aliphatic rings. The molecule has 26 heavy (non-hydrogen) atoms. The van der Waals surface area contributed by atoms with Gasteiger partial charge in [-0.2, -0.15) is 0 Å². The van der Waals surface area contributed by atoms with Crippen LogP contribution in [0.3, 0.4) is 0 Å². The Morgan fingerprint density at radius 3 is 2.54 bits per heavy atom. The zero-order valence-electron chi connectivity index (χ0n) is 16.0. The van der Waals surface area contributed by atoms with E-state index in [1.807, 2.05) is 46.8 Å². The van der Waals surface area contributed by atoms with Crippen LogP contribution in [0, 0.1) is 19.3 Å². The number of carbonyl (C=O) groups is 2. The monoisotopic (exact) mass is 361 g/mol. The molecule has 0 spiro atoms. The molecule has 3 rings (SSSR count). The Morgan fingerprint density at radius 2 is 1.96 bits per heavy atom. The summed E-state index contributed by atoms with van der Waals surface area (Å²) in [5.41, 5.74) is 1.19. The molecule has 0 bridgehead atoms. The number of carboxylic acid groups (broad SMARTS) is 1. The maximum atomic E-state index is 12.8. The molecule has 6 heteroatoms. The fourth-order valence-corrected chi connectivity index (χ4v) is 3.99. The summed E-state index contributed by atoms with van der Waals surface area (Å²) in [6, 6.07) is 3.96. The van der Waals surface area contributed by atoms with Crippen molar-refractivity contribution in [3.8, 4) is 5.75 Å². The third-order valence-corrected chi connectivity index (χ3v) is 6.11. The number of benzene rings is 1. The number of aryl methyl sites for hydroxylation is 2. The van der Waals surface area contributed by atoms with Crippen LogP contribution in [0.2, 0.25) is 0 Å². The van der Waals surface area contributed by atoms with Crippen LogP contribution in [0.5, 0.6) is 5.75 Å². The highest BCUT2D eigenvalue weighted by molar-refractivity contribution is 5.91. The highest BCUT2D eigenvalue weighted by atomic mass is 16.5. The topological polar surface area (TPSA) is 84.9 Å². The van der Waals surface area contributed by atoms with Gasteiger partial charge in [-0.1, -0.05) is 19.9 Å². The van der Waals surface area contributed by atoms with E-state index >= 15 is 0 Å². The van der Waals surface area contributed by atoms with Gasteiger partial charge in [-0.15, -0.1) is 0 Å². The van der Waals surface area contributed by atoms with Crippen LogP contribution in [-0.2, 0) is 20.7 Å². The quantitative estimate of drug-likeness (QED) is 0.841. The first-order chi connectivity index (χ1) is 12.1. The SMILES string of the molecule is CCOC1CC(NC(=O)C2Cc3cc(C)c(C)cc3O2)(C(=O)O)C1(C)C. The lowest BCUT2D eigenvalue weighted by Gasteiger charge is -2.58. The number of carboxylic acids is 1. The summed E-state index contributed by atoms with van der Waals surface area (Å²) in [5, 5.41) is 12.6. The first kappa shape index (κ1) is 18.7. The van der Waals surface area contributed by atoms with E-state index in [1.54, 1.807) is 0 Å². The Hall–Kier alpha value is -2.08. The largest absolute Gasteiger partial charge is 0.480 e. The molecule has 6 nitrogen and oxygen atoms in total. The first-order valence-corrected chi connectivity index (χ1v) is 9.06. The number of fused-ring (bicyclic) bond motifs is 1. The molecular weight excluding hydrogens is 334 g/mol. The van der Waals surface area contributed by atoms with Gasteiger partial charge in [0.2, 0.25) is 0 Å². The molecule has 1 aromatic rings. The lowest BCUT2D eigenvalue weighted by atomic mass is 9.54. The Bertz CT molecular complexity index is 726. The normalized spacial score (nSPS) is 28.7. The van der Waals surface area contributed by atoms with Crippen molar-refractivity contribution in [2.75, 3.05) is 6.61 Å². The van der Waals surface area contributed by atoms with Gasteiger partial charge in [0.1, 0.15) is 11.3 Å². The highest BCUT2D eigenvalue weighted by Gasteiger charge is 2.66. The number of nitrogens with one attached hydrogen (secondary N) is 1. The fourth-order valence-electron chi connectivity index (χ4n) is 3.99. The Labute approximate surface area is 153 Å². The summed E-state index contributed by atoms with van der Waals surface area (Å²) in [7, 11) is 0. The van der Waals surface area contributed by atoms with Crippen molar-refractivity contribution >= 4 is 11.9 Å². The Balaban J connectivity index is 1.76. The van der Waals surface area contributed by atoms with Gasteiger partial charge in [-0.3, -0.25) is 4.79 Å². The predicted octanol–water partition coefficient (Wildman–Crippen LogP) is 2.38. The lowest BCUT2D eigenvalue weighted by Crippen LogP contribution is -2.76. The second-order valence-electron chi connectivity index (χ2n) is 7.92. The summed E-state index contributed by atoms with van der Waals surface area (Å²) in [6.07, 6.45) is -0.194. The average molecular weight is 361 g/mol. The number of hydrogen-bond donors (Lipinski definition) is 2. The molecule has 3 atom stereocenters. The smallest absolute Gasteiger partial charge is 0.330 e. The number of amides is 1. The first-order valence-electron chi connectivity index (χ1n) is 9.06. The van der Waals surface area contributed by atoms with E-state index < -0.39 is 23.0 Å². The van der Waals surface area contributed by atoms with Crippen molar-refractivity contribution in [1.82, 2.24) is 5.32 Å². The van der Waals surface area contributed by atoms with Crippen molar-refractivity contribution < 1.29 is 24.2 Å². The number of ether oxygens (including phenoxy) is 2. The molecule has 1 heterocycles. The van der Waals surface area contributed by atoms with Gasteiger partial charge >= 0.3 is 5.97 Å². The third-order valence-electron chi connectivity index (χ3n) is 6.11. The van der Waals surface area contributed by atoms with Crippen molar-refractivity contribution in [1.29, 1.82) is 0 Å². The lowest BCUT2D eigenvalue weighted by molar-refractivity contribution is -0.195. The molecule has 1 fully saturated rings. The molecule has 3 unspecified atom stereocenters. The van der Waals surface area contributed by atoms with E-state index in [0.717, 1.165) is 16.7 Å². The summed E-state index contributed by atoms with van der Waals surface area (Å²) in [5.74, 6) is -0.714.